The molecule has 0 bridgehead atoms. The van der Waals surface area contributed by atoms with E-state index in [0.29, 0.717) is 0 Å². The van der Waals surface area contributed by atoms with Crippen molar-refractivity contribution in [2.45, 2.75) is 158 Å². The van der Waals surface area contributed by atoms with Gasteiger partial charge in [0, 0.05) is 14.5 Å². The van der Waals surface area contributed by atoms with Crippen molar-refractivity contribution in [3.8, 4) is 0 Å². The van der Waals surface area contributed by atoms with Crippen molar-refractivity contribution in [3.63, 3.8) is 0 Å². The van der Waals surface area contributed by atoms with E-state index >= 15 is 0 Å². The number of rotatable bonds is 24. The summed E-state index contributed by atoms with van der Waals surface area (Å²) in [4.78, 5) is 24.2. The fraction of sp³-hybridized carbons (Fsp3) is 1.00. The highest BCUT2D eigenvalue weighted by molar-refractivity contribution is 7.76. The maximum absolute atomic E-state index is 8.59. The molecule has 0 aromatic carbocycles. The van der Waals surface area contributed by atoms with Gasteiger partial charge in [0.2, 0.25) is 0 Å². The summed E-state index contributed by atoms with van der Waals surface area (Å²) in [5.74, 6) is 0. The van der Waals surface area contributed by atoms with E-state index in [9.17, 15) is 0 Å². The minimum atomic E-state index is -3.12. The molecule has 3 nitrogen and oxygen atoms in total. The van der Waals surface area contributed by atoms with Crippen LogP contribution in [0.2, 0.25) is 0 Å². The molecule has 6 heteroatoms. The standard InChI is InChI=1S/2C16H36P.HO3P/c2*1-5-9-13-17(14-10-6-2,15-11-7-3)16-12-8-4;1-4(2)3/h2*5-16H2,1-4H3;1H/q2*+1;-2. The van der Waals surface area contributed by atoms with Crippen LogP contribution in [-0.2, 0) is 0 Å². The van der Waals surface area contributed by atoms with Gasteiger partial charge in [0.05, 0.1) is 49.3 Å². The second-order valence-electron chi connectivity index (χ2n) is 11.5. The average Bonchev–Trinajstić information content (AvgIpc) is 2.91. The lowest BCUT2D eigenvalue weighted by atomic mass is 10.4. The van der Waals surface area contributed by atoms with Crippen molar-refractivity contribution in [2.24, 2.45) is 0 Å². The zero-order chi connectivity index (χ0) is 29.5. The third-order valence-electron chi connectivity index (χ3n) is 7.89. The fourth-order valence-electron chi connectivity index (χ4n) is 5.29. The van der Waals surface area contributed by atoms with Gasteiger partial charge in [-0.25, -0.2) is 0 Å². The highest BCUT2D eigenvalue weighted by atomic mass is 31.2. The van der Waals surface area contributed by atoms with Crippen molar-refractivity contribution >= 4 is 23.1 Å². The molecule has 0 aromatic heterocycles. The maximum atomic E-state index is 8.59. The summed E-state index contributed by atoms with van der Waals surface area (Å²) in [5.41, 5.74) is 0. The minimum absolute atomic E-state index is 0.562. The molecule has 0 saturated carbocycles. The Morgan fingerprint density at radius 3 is 0.553 bits per heavy atom. The van der Waals surface area contributed by atoms with Gasteiger partial charge >= 0.3 is 0 Å². The molecule has 0 fully saturated rings. The largest absolute Gasteiger partial charge is 0.820 e. The van der Waals surface area contributed by atoms with Gasteiger partial charge in [0.25, 0.3) is 0 Å². The molecule has 0 aromatic rings. The SMILES string of the molecule is CCCC[P+](CCCC)(CCCC)CCCC.CCCC[P+](CCCC)(CCCC)CCCC.[O-]P([O-])O. The Morgan fingerprint density at radius 2 is 0.474 bits per heavy atom. The predicted molar refractivity (Wildman–Crippen MR) is 181 cm³/mol. The average molecular weight is 599 g/mol. The molecule has 0 aliphatic heterocycles. The molecule has 0 aliphatic rings. The molecule has 0 aliphatic carbocycles. The molecule has 0 atom stereocenters. The maximum Gasteiger partial charge on any atom is 0.0594 e. The highest BCUT2D eigenvalue weighted by Crippen LogP contribution is 2.62. The molecule has 0 rings (SSSR count). The molecule has 0 radical (unpaired) electrons. The Kier molecular flexibility index (Phi) is 37.5. The van der Waals surface area contributed by atoms with E-state index in [-0.39, 0.29) is 0 Å². The number of unbranched alkanes of at least 4 members (excludes halogenated alkanes) is 8. The summed E-state index contributed by atoms with van der Waals surface area (Å²) in [5, 5.41) is 0. The van der Waals surface area contributed by atoms with Crippen LogP contribution in [0.4, 0.5) is 0 Å². The quantitative estimate of drug-likeness (QED) is 0.112. The van der Waals surface area contributed by atoms with Crippen molar-refractivity contribution in [1.29, 1.82) is 0 Å². The minimum Gasteiger partial charge on any atom is -0.820 e. The first-order valence-electron chi connectivity index (χ1n) is 16.8. The van der Waals surface area contributed by atoms with Gasteiger partial charge in [-0.15, -0.1) is 0 Å². The van der Waals surface area contributed by atoms with Crippen LogP contribution in [0.5, 0.6) is 0 Å². The van der Waals surface area contributed by atoms with Gasteiger partial charge in [-0.3, -0.25) is 0 Å². The zero-order valence-electron chi connectivity index (χ0n) is 27.6. The van der Waals surface area contributed by atoms with E-state index in [1.807, 2.05) is 0 Å². The van der Waals surface area contributed by atoms with Crippen LogP contribution >= 0.6 is 23.1 Å². The third kappa shape index (κ3) is 28.7. The lowest BCUT2D eigenvalue weighted by molar-refractivity contribution is -0.313. The van der Waals surface area contributed by atoms with Gasteiger partial charge < -0.3 is 14.7 Å². The van der Waals surface area contributed by atoms with Crippen LogP contribution in [-0.4, -0.2) is 54.2 Å². The van der Waals surface area contributed by atoms with Crippen molar-refractivity contribution in [1.82, 2.24) is 0 Å². The van der Waals surface area contributed by atoms with Crippen molar-refractivity contribution < 1.29 is 14.7 Å². The summed E-state index contributed by atoms with van der Waals surface area (Å²) < 4.78 is 0. The molecule has 38 heavy (non-hydrogen) atoms. The first-order chi connectivity index (χ1) is 18.2. The first kappa shape index (κ1) is 43.6. The van der Waals surface area contributed by atoms with Crippen molar-refractivity contribution in [2.75, 3.05) is 49.3 Å². The Morgan fingerprint density at radius 1 is 0.368 bits per heavy atom. The summed E-state index contributed by atoms with van der Waals surface area (Å²) in [7, 11) is -4.24. The molecule has 0 unspecified atom stereocenters. The number of hydrogen-bond donors (Lipinski definition) is 1. The molecule has 0 heterocycles. The van der Waals surface area contributed by atoms with Crippen LogP contribution in [0, 0.1) is 0 Å². The van der Waals surface area contributed by atoms with Crippen LogP contribution in [0.1, 0.15) is 158 Å². The van der Waals surface area contributed by atoms with E-state index < -0.39 is 23.1 Å². The molecule has 0 amide bonds. The second kappa shape index (κ2) is 32.7. The summed E-state index contributed by atoms with van der Waals surface area (Å²) in [6.45, 7) is 18.8. The van der Waals surface area contributed by atoms with E-state index in [1.54, 1.807) is 49.3 Å². The Bertz CT molecular complexity index is 322. The first-order valence-corrected chi connectivity index (χ1v) is 22.9. The van der Waals surface area contributed by atoms with E-state index in [1.165, 1.54) is 103 Å². The van der Waals surface area contributed by atoms with Gasteiger partial charge in [0.15, 0.2) is 0 Å². The lowest BCUT2D eigenvalue weighted by Crippen LogP contribution is -2.12. The van der Waals surface area contributed by atoms with Gasteiger partial charge in [-0.05, 0) is 51.4 Å². The fourth-order valence-corrected chi connectivity index (χ4v) is 15.9. The zero-order valence-corrected chi connectivity index (χ0v) is 30.3. The molecule has 1 N–H and O–H groups in total. The van der Waals surface area contributed by atoms with Crippen LogP contribution in [0.3, 0.4) is 0 Å². The number of hydrogen-bond acceptors (Lipinski definition) is 3. The van der Waals surface area contributed by atoms with Gasteiger partial charge in [-0.1, -0.05) is 107 Å². The predicted octanol–water partition coefficient (Wildman–Crippen LogP) is 10.3. The Labute approximate surface area is 244 Å². The van der Waals surface area contributed by atoms with Crippen molar-refractivity contribution in [3.05, 3.63) is 0 Å². The van der Waals surface area contributed by atoms with E-state index in [4.69, 9.17) is 14.7 Å². The van der Waals surface area contributed by atoms with Gasteiger partial charge in [0.1, 0.15) is 0 Å². The second-order valence-corrected chi connectivity index (χ2v) is 21.0. The summed E-state index contributed by atoms with van der Waals surface area (Å²) >= 11 is 0. The Balaban J connectivity index is -0.000000564. The topological polar surface area (TPSA) is 66.3 Å². The van der Waals surface area contributed by atoms with E-state index in [2.05, 4.69) is 55.4 Å². The van der Waals surface area contributed by atoms with Crippen LogP contribution < -0.4 is 9.79 Å². The van der Waals surface area contributed by atoms with E-state index in [0.717, 1.165) is 0 Å². The summed E-state index contributed by atoms with van der Waals surface area (Å²) in [6.07, 6.45) is 35.9. The Hall–Kier alpha value is 1.17. The van der Waals surface area contributed by atoms with Crippen LogP contribution in [0.25, 0.3) is 0 Å². The molecule has 234 valence electrons. The third-order valence-corrected chi connectivity index (χ3v) is 18.0. The molecule has 0 saturated heterocycles. The molecular formula is C32H73O3P3. The molecular weight excluding hydrogens is 525 g/mol. The monoisotopic (exact) mass is 598 g/mol. The smallest absolute Gasteiger partial charge is 0.0594 e. The van der Waals surface area contributed by atoms with Gasteiger partial charge in [-0.2, -0.15) is 8.60 Å². The highest BCUT2D eigenvalue weighted by Gasteiger charge is 2.35. The summed E-state index contributed by atoms with van der Waals surface area (Å²) in [6, 6.07) is 0. The normalized spacial score (nSPS) is 11.7. The molecule has 0 spiro atoms. The lowest BCUT2D eigenvalue weighted by Gasteiger charge is -2.28. The van der Waals surface area contributed by atoms with Crippen LogP contribution in [0.15, 0.2) is 0 Å².